The molecule has 0 spiro atoms. The number of aliphatic hydroxyl groups excluding tert-OH is 5. The molecule has 0 aromatic carbocycles. The third-order valence-electron chi connectivity index (χ3n) is 15.6. The van der Waals surface area contributed by atoms with Crippen molar-refractivity contribution in [2.75, 3.05) is 19.8 Å². The van der Waals surface area contributed by atoms with E-state index in [1.54, 1.807) is 6.08 Å². The number of carbonyl (C=O) groups is 2. The van der Waals surface area contributed by atoms with Gasteiger partial charge in [0.05, 0.1) is 32.0 Å². The second kappa shape index (κ2) is 55.1. The number of hydrogen-bond donors (Lipinski definition) is 6. The van der Waals surface area contributed by atoms with Crippen molar-refractivity contribution in [1.29, 1.82) is 0 Å². The standard InChI is InChI=1S/C65H123NO10/c1-3-5-7-9-11-13-15-16-28-32-35-39-43-47-51-58(68)57(56-75-65-64(73)63(72)62(71)59(55-67)76-65)66-60(69)52-48-44-40-36-33-29-26-24-22-20-18-17-19-21-23-25-27-30-34-38-42-46-50-54-74-61(70)53-49-45-41-37-31-14-12-10-8-6-4-2/h32,35,47,51,57-59,62-65,67-68,71-73H,3-31,33-34,36-46,48-50,52-56H2,1-2H3,(H,66,69)/b35-32+,51-47+. The Bertz CT molecular complexity index is 1310. The highest BCUT2D eigenvalue weighted by atomic mass is 16.7. The number of hydrogen-bond acceptors (Lipinski definition) is 10. The molecular weight excluding hydrogens is 955 g/mol. The van der Waals surface area contributed by atoms with Gasteiger partial charge in [0.25, 0.3) is 0 Å². The molecule has 1 aliphatic heterocycles. The summed E-state index contributed by atoms with van der Waals surface area (Å²) in [4.78, 5) is 25.1. The fourth-order valence-corrected chi connectivity index (χ4v) is 10.4. The highest BCUT2D eigenvalue weighted by Gasteiger charge is 2.44. The maximum absolute atomic E-state index is 13.1. The first kappa shape index (κ1) is 72.2. The van der Waals surface area contributed by atoms with Gasteiger partial charge in [-0.05, 0) is 44.9 Å². The molecule has 0 saturated carbocycles. The smallest absolute Gasteiger partial charge is 0.305 e. The Morgan fingerprint density at radius 3 is 1.30 bits per heavy atom. The van der Waals surface area contributed by atoms with E-state index in [9.17, 15) is 35.1 Å². The summed E-state index contributed by atoms with van der Waals surface area (Å²) in [5, 5.41) is 54.4. The van der Waals surface area contributed by atoms with Crippen LogP contribution in [0.3, 0.4) is 0 Å². The molecule has 1 fully saturated rings. The van der Waals surface area contributed by atoms with Crippen molar-refractivity contribution in [3.63, 3.8) is 0 Å². The summed E-state index contributed by atoms with van der Waals surface area (Å²) < 4.78 is 16.7. The lowest BCUT2D eigenvalue weighted by molar-refractivity contribution is -0.302. The summed E-state index contributed by atoms with van der Waals surface area (Å²) in [5.41, 5.74) is 0. The molecule has 448 valence electrons. The molecule has 0 aromatic heterocycles. The highest BCUT2D eigenvalue weighted by molar-refractivity contribution is 5.76. The number of amides is 1. The van der Waals surface area contributed by atoms with Crippen LogP contribution in [-0.2, 0) is 23.8 Å². The second-order valence-electron chi connectivity index (χ2n) is 22.8. The van der Waals surface area contributed by atoms with Crippen LogP contribution >= 0.6 is 0 Å². The molecule has 11 nitrogen and oxygen atoms in total. The Balaban J connectivity index is 2.04. The van der Waals surface area contributed by atoms with E-state index in [1.165, 1.54) is 231 Å². The third-order valence-corrected chi connectivity index (χ3v) is 15.6. The van der Waals surface area contributed by atoms with Crippen molar-refractivity contribution in [1.82, 2.24) is 5.32 Å². The van der Waals surface area contributed by atoms with E-state index >= 15 is 0 Å². The quantitative estimate of drug-likeness (QED) is 0.0195. The van der Waals surface area contributed by atoms with Crippen LogP contribution in [0.2, 0.25) is 0 Å². The van der Waals surface area contributed by atoms with Crippen molar-refractivity contribution >= 4 is 11.9 Å². The Morgan fingerprint density at radius 2 is 0.855 bits per heavy atom. The van der Waals surface area contributed by atoms with Crippen LogP contribution in [0.25, 0.3) is 0 Å². The summed E-state index contributed by atoms with van der Waals surface area (Å²) in [7, 11) is 0. The van der Waals surface area contributed by atoms with Gasteiger partial charge in [-0.1, -0.05) is 282 Å². The lowest BCUT2D eigenvalue weighted by atomic mass is 9.99. The Labute approximate surface area is 467 Å². The van der Waals surface area contributed by atoms with E-state index in [-0.39, 0.29) is 18.5 Å². The first-order valence-electron chi connectivity index (χ1n) is 32.6. The number of aliphatic hydroxyl groups is 5. The molecule has 1 aliphatic rings. The number of unbranched alkanes of at least 4 members (excludes halogenated alkanes) is 41. The fraction of sp³-hybridized carbons (Fsp3) is 0.908. The van der Waals surface area contributed by atoms with E-state index in [0.717, 1.165) is 57.8 Å². The number of carbonyl (C=O) groups excluding carboxylic acids is 2. The molecule has 0 bridgehead atoms. The molecule has 11 heteroatoms. The fourth-order valence-electron chi connectivity index (χ4n) is 10.4. The van der Waals surface area contributed by atoms with Crippen LogP contribution in [0.4, 0.5) is 0 Å². The summed E-state index contributed by atoms with van der Waals surface area (Å²) in [6, 6.07) is -0.827. The van der Waals surface area contributed by atoms with E-state index in [1.807, 2.05) is 6.08 Å². The van der Waals surface area contributed by atoms with Crippen LogP contribution in [0, 0.1) is 0 Å². The lowest BCUT2D eigenvalue weighted by Crippen LogP contribution is -2.60. The number of rotatable bonds is 57. The normalized spacial score (nSPS) is 18.8. The van der Waals surface area contributed by atoms with E-state index in [0.29, 0.717) is 19.4 Å². The minimum Gasteiger partial charge on any atom is -0.466 e. The third kappa shape index (κ3) is 44.0. The van der Waals surface area contributed by atoms with Gasteiger partial charge in [0, 0.05) is 12.8 Å². The van der Waals surface area contributed by atoms with E-state index in [4.69, 9.17) is 14.2 Å². The van der Waals surface area contributed by atoms with Gasteiger partial charge >= 0.3 is 5.97 Å². The number of esters is 1. The van der Waals surface area contributed by atoms with Crippen molar-refractivity contribution < 1.29 is 49.3 Å². The summed E-state index contributed by atoms with van der Waals surface area (Å²) >= 11 is 0. The minimum atomic E-state index is -1.58. The van der Waals surface area contributed by atoms with Crippen LogP contribution in [-0.4, -0.2) is 100 Å². The predicted octanol–water partition coefficient (Wildman–Crippen LogP) is 15.7. The lowest BCUT2D eigenvalue weighted by Gasteiger charge is -2.40. The average molecular weight is 1080 g/mol. The Kier molecular flexibility index (Phi) is 52.3. The van der Waals surface area contributed by atoms with Crippen molar-refractivity contribution in [3.05, 3.63) is 24.3 Å². The molecule has 76 heavy (non-hydrogen) atoms. The topological polar surface area (TPSA) is 175 Å². The summed E-state index contributed by atoms with van der Waals surface area (Å²) in [6.07, 6.45) is 57.1. The van der Waals surface area contributed by atoms with Gasteiger partial charge in [0.15, 0.2) is 6.29 Å². The molecule has 6 N–H and O–H groups in total. The monoisotopic (exact) mass is 1080 g/mol. The Morgan fingerprint density at radius 1 is 0.474 bits per heavy atom. The zero-order chi connectivity index (χ0) is 55.2. The first-order chi connectivity index (χ1) is 37.2. The van der Waals surface area contributed by atoms with Gasteiger partial charge < -0.3 is 45.1 Å². The summed E-state index contributed by atoms with van der Waals surface area (Å²) in [6.45, 7) is 4.34. The zero-order valence-electron chi connectivity index (χ0n) is 49.5. The van der Waals surface area contributed by atoms with Gasteiger partial charge in [0.1, 0.15) is 24.4 Å². The maximum atomic E-state index is 13.1. The van der Waals surface area contributed by atoms with Gasteiger partial charge in [-0.15, -0.1) is 0 Å². The highest BCUT2D eigenvalue weighted by Crippen LogP contribution is 2.23. The first-order valence-corrected chi connectivity index (χ1v) is 32.6. The van der Waals surface area contributed by atoms with Gasteiger partial charge in [0.2, 0.25) is 5.91 Å². The molecule has 0 aromatic rings. The SMILES string of the molecule is CCCCCCCCCC/C=C/CC/C=C/C(O)C(COC1OC(CO)C(O)C(O)C1O)NC(=O)CCCCCCCCCCCCCCCCCCCCCCCCCOC(=O)CCCCCCCCCCCCC. The number of ether oxygens (including phenoxy) is 3. The average Bonchev–Trinajstić information content (AvgIpc) is 3.42. The van der Waals surface area contributed by atoms with Crippen LogP contribution in [0.15, 0.2) is 24.3 Å². The Hall–Kier alpha value is -1.86. The van der Waals surface area contributed by atoms with E-state index in [2.05, 4.69) is 31.3 Å². The molecule has 1 saturated heterocycles. The van der Waals surface area contributed by atoms with Crippen LogP contribution in [0.5, 0.6) is 0 Å². The largest absolute Gasteiger partial charge is 0.466 e. The second-order valence-corrected chi connectivity index (χ2v) is 22.8. The van der Waals surface area contributed by atoms with E-state index < -0.39 is 49.5 Å². The van der Waals surface area contributed by atoms with Crippen LogP contribution in [0.1, 0.15) is 316 Å². The van der Waals surface area contributed by atoms with Gasteiger partial charge in [-0.3, -0.25) is 9.59 Å². The molecular formula is C65H123NO10. The van der Waals surface area contributed by atoms with Crippen LogP contribution < -0.4 is 5.32 Å². The number of nitrogens with one attached hydrogen (secondary N) is 1. The molecule has 0 aliphatic carbocycles. The molecule has 1 amide bonds. The van der Waals surface area contributed by atoms with Gasteiger partial charge in [-0.2, -0.15) is 0 Å². The number of allylic oxidation sites excluding steroid dienone is 3. The molecule has 1 rings (SSSR count). The predicted molar refractivity (Wildman–Crippen MR) is 315 cm³/mol. The summed E-state index contributed by atoms with van der Waals surface area (Å²) in [5.74, 6) is -0.187. The molecule has 0 radical (unpaired) electrons. The molecule has 7 unspecified atom stereocenters. The zero-order valence-corrected chi connectivity index (χ0v) is 49.5. The molecule has 7 atom stereocenters. The van der Waals surface area contributed by atoms with Crippen molar-refractivity contribution in [3.8, 4) is 0 Å². The maximum Gasteiger partial charge on any atom is 0.305 e. The van der Waals surface area contributed by atoms with Gasteiger partial charge in [-0.25, -0.2) is 0 Å². The van der Waals surface area contributed by atoms with Crippen molar-refractivity contribution in [2.24, 2.45) is 0 Å². The minimum absolute atomic E-state index is 0.00233. The van der Waals surface area contributed by atoms with Crippen molar-refractivity contribution in [2.45, 2.75) is 358 Å². The molecule has 1 heterocycles.